The quantitative estimate of drug-likeness (QED) is 0.621. The number of amides is 1. The van der Waals surface area contributed by atoms with Crippen molar-refractivity contribution in [2.24, 2.45) is 0 Å². The van der Waals surface area contributed by atoms with Gasteiger partial charge in [0.25, 0.3) is 11.6 Å². The first-order valence-electron chi connectivity index (χ1n) is 7.40. The predicted octanol–water partition coefficient (Wildman–Crippen LogP) is 3.32. The highest BCUT2D eigenvalue weighted by atomic mass is 16.6. The second-order valence-electron chi connectivity index (χ2n) is 4.97. The Morgan fingerprint density at radius 2 is 1.92 bits per heavy atom. The molecule has 0 heterocycles. The van der Waals surface area contributed by atoms with Gasteiger partial charge in [-0.1, -0.05) is 12.1 Å². The number of benzene rings is 2. The highest BCUT2D eigenvalue weighted by Gasteiger charge is 2.11. The standard InChI is InChI=1S/C17H18N2O5/c1-3-23-16-7-5-4-6-14(16)18-17(20)11-24-15-9-8-13(19(21)22)10-12(15)2/h4-10H,3,11H2,1-2H3,(H,18,20). The van der Waals surface area contributed by atoms with Crippen LogP contribution in [0.3, 0.4) is 0 Å². The molecule has 2 aromatic carbocycles. The Kier molecular flexibility index (Phi) is 5.73. The third kappa shape index (κ3) is 4.45. The molecule has 0 bridgehead atoms. The van der Waals surface area contributed by atoms with Crippen molar-refractivity contribution in [1.82, 2.24) is 0 Å². The second kappa shape index (κ2) is 7.96. The van der Waals surface area contributed by atoms with E-state index in [9.17, 15) is 14.9 Å². The van der Waals surface area contributed by atoms with Crippen LogP contribution in [0.2, 0.25) is 0 Å². The maximum absolute atomic E-state index is 12.0. The van der Waals surface area contributed by atoms with E-state index in [1.54, 1.807) is 25.1 Å². The average Bonchev–Trinajstić information content (AvgIpc) is 2.55. The van der Waals surface area contributed by atoms with E-state index in [0.717, 1.165) is 0 Å². The van der Waals surface area contributed by atoms with Gasteiger partial charge in [0.2, 0.25) is 0 Å². The van der Waals surface area contributed by atoms with E-state index in [0.29, 0.717) is 29.4 Å². The lowest BCUT2D eigenvalue weighted by Crippen LogP contribution is -2.20. The van der Waals surface area contributed by atoms with Crippen LogP contribution in [-0.4, -0.2) is 24.0 Å². The molecule has 0 aliphatic heterocycles. The lowest BCUT2D eigenvalue weighted by Gasteiger charge is -2.12. The molecule has 7 nitrogen and oxygen atoms in total. The summed E-state index contributed by atoms with van der Waals surface area (Å²) in [5, 5.41) is 13.4. The van der Waals surface area contributed by atoms with E-state index < -0.39 is 4.92 Å². The van der Waals surface area contributed by atoms with Crippen LogP contribution >= 0.6 is 0 Å². The maximum atomic E-state index is 12.0. The van der Waals surface area contributed by atoms with Gasteiger partial charge in [-0.15, -0.1) is 0 Å². The molecule has 2 aromatic rings. The van der Waals surface area contributed by atoms with Gasteiger partial charge >= 0.3 is 0 Å². The van der Waals surface area contributed by atoms with Crippen molar-refractivity contribution >= 4 is 17.3 Å². The van der Waals surface area contributed by atoms with Crippen LogP contribution < -0.4 is 14.8 Å². The van der Waals surface area contributed by atoms with Crippen molar-refractivity contribution in [1.29, 1.82) is 0 Å². The maximum Gasteiger partial charge on any atom is 0.269 e. The van der Waals surface area contributed by atoms with Gasteiger partial charge in [0.1, 0.15) is 11.5 Å². The van der Waals surface area contributed by atoms with Gasteiger partial charge in [-0.3, -0.25) is 14.9 Å². The smallest absolute Gasteiger partial charge is 0.269 e. The van der Waals surface area contributed by atoms with E-state index in [4.69, 9.17) is 9.47 Å². The number of hydrogen-bond donors (Lipinski definition) is 1. The summed E-state index contributed by atoms with van der Waals surface area (Å²) >= 11 is 0. The molecule has 1 N–H and O–H groups in total. The fraction of sp³-hybridized carbons (Fsp3) is 0.235. The molecule has 0 atom stereocenters. The number of nitrogens with one attached hydrogen (secondary N) is 1. The molecule has 0 radical (unpaired) electrons. The zero-order valence-corrected chi connectivity index (χ0v) is 13.4. The summed E-state index contributed by atoms with van der Waals surface area (Å²) in [7, 11) is 0. The summed E-state index contributed by atoms with van der Waals surface area (Å²) < 4.78 is 10.9. The number of rotatable bonds is 7. The van der Waals surface area contributed by atoms with Gasteiger partial charge in [-0.25, -0.2) is 0 Å². The number of carbonyl (C=O) groups excluding carboxylic acids is 1. The van der Waals surface area contributed by atoms with Crippen LogP contribution in [0.5, 0.6) is 11.5 Å². The molecule has 0 saturated carbocycles. The lowest BCUT2D eigenvalue weighted by atomic mass is 10.2. The zero-order chi connectivity index (χ0) is 17.5. The van der Waals surface area contributed by atoms with E-state index in [-0.39, 0.29) is 18.2 Å². The number of nitrogens with zero attached hydrogens (tertiary/aromatic N) is 1. The molecule has 2 rings (SSSR count). The third-order valence-corrected chi connectivity index (χ3v) is 3.19. The number of carbonyl (C=O) groups is 1. The number of para-hydroxylation sites is 2. The van der Waals surface area contributed by atoms with Crippen molar-refractivity contribution in [3.63, 3.8) is 0 Å². The molecule has 0 fully saturated rings. The van der Waals surface area contributed by atoms with Crippen LogP contribution in [0.4, 0.5) is 11.4 Å². The minimum absolute atomic E-state index is 0.0186. The Hall–Kier alpha value is -3.09. The van der Waals surface area contributed by atoms with Crippen LogP contribution in [-0.2, 0) is 4.79 Å². The summed E-state index contributed by atoms with van der Waals surface area (Å²) in [5.41, 5.74) is 1.13. The first-order chi connectivity index (χ1) is 11.5. The highest BCUT2D eigenvalue weighted by Crippen LogP contribution is 2.25. The monoisotopic (exact) mass is 330 g/mol. The molecular weight excluding hydrogens is 312 g/mol. The molecule has 1 amide bonds. The Labute approximate surface area is 139 Å². The van der Waals surface area contributed by atoms with E-state index in [1.807, 2.05) is 13.0 Å². The van der Waals surface area contributed by atoms with Crippen molar-refractivity contribution < 1.29 is 19.2 Å². The minimum Gasteiger partial charge on any atom is -0.492 e. The van der Waals surface area contributed by atoms with Gasteiger partial charge in [0, 0.05) is 12.1 Å². The summed E-state index contributed by atoms with van der Waals surface area (Å²) in [5.74, 6) is 0.661. The summed E-state index contributed by atoms with van der Waals surface area (Å²) in [4.78, 5) is 22.3. The topological polar surface area (TPSA) is 90.7 Å². The van der Waals surface area contributed by atoms with Crippen molar-refractivity contribution in [3.8, 4) is 11.5 Å². The van der Waals surface area contributed by atoms with Gasteiger partial charge in [-0.2, -0.15) is 0 Å². The first kappa shape index (κ1) is 17.3. The Balaban J connectivity index is 1.98. The summed E-state index contributed by atoms with van der Waals surface area (Å²) in [6.45, 7) is 3.83. The van der Waals surface area contributed by atoms with Gasteiger partial charge < -0.3 is 14.8 Å². The molecule has 0 aliphatic carbocycles. The lowest BCUT2D eigenvalue weighted by molar-refractivity contribution is -0.384. The van der Waals surface area contributed by atoms with Gasteiger partial charge in [0.15, 0.2) is 6.61 Å². The van der Waals surface area contributed by atoms with Gasteiger partial charge in [0.05, 0.1) is 17.2 Å². The fourth-order valence-electron chi connectivity index (χ4n) is 2.09. The van der Waals surface area contributed by atoms with E-state index in [2.05, 4.69) is 5.32 Å². The van der Waals surface area contributed by atoms with Crippen molar-refractivity contribution in [2.45, 2.75) is 13.8 Å². The number of nitro benzene ring substituents is 1. The molecule has 126 valence electrons. The third-order valence-electron chi connectivity index (χ3n) is 3.19. The van der Waals surface area contributed by atoms with Crippen LogP contribution in [0, 0.1) is 17.0 Å². The first-order valence-corrected chi connectivity index (χ1v) is 7.40. The van der Waals surface area contributed by atoms with Gasteiger partial charge in [-0.05, 0) is 37.6 Å². The van der Waals surface area contributed by atoms with Crippen LogP contribution in [0.15, 0.2) is 42.5 Å². The van der Waals surface area contributed by atoms with E-state index >= 15 is 0 Å². The zero-order valence-electron chi connectivity index (χ0n) is 13.4. The van der Waals surface area contributed by atoms with E-state index in [1.165, 1.54) is 18.2 Å². The van der Waals surface area contributed by atoms with Crippen LogP contribution in [0.1, 0.15) is 12.5 Å². The molecule has 0 spiro atoms. The number of ether oxygens (including phenoxy) is 2. The van der Waals surface area contributed by atoms with Crippen LogP contribution in [0.25, 0.3) is 0 Å². The number of hydrogen-bond acceptors (Lipinski definition) is 5. The number of non-ortho nitro benzene ring substituents is 1. The highest BCUT2D eigenvalue weighted by molar-refractivity contribution is 5.93. The molecule has 24 heavy (non-hydrogen) atoms. The summed E-state index contributed by atoms with van der Waals surface area (Å²) in [6.07, 6.45) is 0. The Morgan fingerprint density at radius 3 is 2.58 bits per heavy atom. The Morgan fingerprint density at radius 1 is 1.17 bits per heavy atom. The largest absolute Gasteiger partial charge is 0.492 e. The minimum atomic E-state index is -0.478. The van der Waals surface area contributed by atoms with Crippen molar-refractivity contribution in [3.05, 3.63) is 58.1 Å². The molecule has 0 saturated heterocycles. The number of aryl methyl sites for hydroxylation is 1. The molecule has 0 aromatic heterocycles. The summed E-state index contributed by atoms with van der Waals surface area (Å²) in [6, 6.07) is 11.3. The molecule has 0 aliphatic rings. The molecule has 7 heteroatoms. The second-order valence-corrected chi connectivity index (χ2v) is 4.97. The number of anilines is 1. The van der Waals surface area contributed by atoms with Crippen molar-refractivity contribution in [2.75, 3.05) is 18.5 Å². The average molecular weight is 330 g/mol. The Bertz CT molecular complexity index is 746. The SMILES string of the molecule is CCOc1ccccc1NC(=O)COc1ccc([N+](=O)[O-])cc1C. The predicted molar refractivity (Wildman–Crippen MR) is 89.6 cm³/mol. The molecular formula is C17H18N2O5. The number of nitro groups is 1. The normalized spacial score (nSPS) is 10.1. The fourth-order valence-corrected chi connectivity index (χ4v) is 2.09. The molecule has 0 unspecified atom stereocenters.